The van der Waals surface area contributed by atoms with Gasteiger partial charge in [0.25, 0.3) is 0 Å². The van der Waals surface area contributed by atoms with E-state index < -0.39 is 0 Å². The van der Waals surface area contributed by atoms with Gasteiger partial charge < -0.3 is 16.1 Å². The molecule has 0 unspecified atom stereocenters. The summed E-state index contributed by atoms with van der Waals surface area (Å²) in [6, 6.07) is 0. The van der Waals surface area contributed by atoms with Crippen LogP contribution in [0.2, 0.25) is 0 Å². The zero-order chi connectivity index (χ0) is 11.1. The third kappa shape index (κ3) is 3.63. The molecule has 1 fully saturated rings. The Morgan fingerprint density at radius 2 is 2.00 bits per heavy atom. The third-order valence-corrected chi connectivity index (χ3v) is 2.38. The van der Waals surface area contributed by atoms with Crippen molar-refractivity contribution < 1.29 is 0 Å². The van der Waals surface area contributed by atoms with Crippen LogP contribution in [-0.4, -0.2) is 23.8 Å². The van der Waals surface area contributed by atoms with Gasteiger partial charge >= 0.3 is 0 Å². The highest BCUT2D eigenvalue weighted by atomic mass is 15.3. The highest BCUT2D eigenvalue weighted by molar-refractivity contribution is 5.93. The molecule has 5 heteroatoms. The van der Waals surface area contributed by atoms with Gasteiger partial charge in [0.2, 0.25) is 0 Å². The third-order valence-electron chi connectivity index (χ3n) is 2.38. The van der Waals surface area contributed by atoms with Crippen molar-refractivity contribution in [1.82, 2.24) is 10.3 Å². The van der Waals surface area contributed by atoms with Gasteiger partial charge in [0, 0.05) is 25.4 Å². The van der Waals surface area contributed by atoms with Crippen molar-refractivity contribution in [1.29, 1.82) is 0 Å². The van der Waals surface area contributed by atoms with E-state index in [1.54, 1.807) is 6.08 Å². The molecule has 1 heterocycles. The monoisotopic (exact) mass is 209 g/mol. The van der Waals surface area contributed by atoms with Crippen LogP contribution in [0, 0.1) is 0 Å². The van der Waals surface area contributed by atoms with E-state index in [2.05, 4.69) is 21.9 Å². The lowest BCUT2D eigenvalue weighted by atomic mass is 10.1. The minimum Gasteiger partial charge on any atom is -0.385 e. The second-order valence-corrected chi connectivity index (χ2v) is 3.46. The molecule has 1 aliphatic heterocycles. The van der Waals surface area contributed by atoms with Gasteiger partial charge in [-0.25, -0.2) is 10.8 Å². The Balaban J connectivity index is 2.63. The van der Waals surface area contributed by atoms with E-state index in [0.717, 1.165) is 13.1 Å². The van der Waals surface area contributed by atoms with Crippen LogP contribution in [0.3, 0.4) is 0 Å². The normalized spacial score (nSPS) is 18.9. The summed E-state index contributed by atoms with van der Waals surface area (Å²) in [6.45, 7) is 5.52. The van der Waals surface area contributed by atoms with Crippen molar-refractivity contribution >= 4 is 5.84 Å². The number of hydrogen-bond donors (Lipinski definition) is 3. The summed E-state index contributed by atoms with van der Waals surface area (Å²) in [5.41, 5.74) is 8.40. The molecule has 0 bridgehead atoms. The summed E-state index contributed by atoms with van der Waals surface area (Å²) in [5, 5.41) is 0. The second-order valence-electron chi connectivity index (χ2n) is 3.46. The van der Waals surface area contributed by atoms with Gasteiger partial charge in [-0.15, -0.1) is 0 Å². The number of amidine groups is 1. The van der Waals surface area contributed by atoms with E-state index in [4.69, 9.17) is 11.6 Å². The van der Waals surface area contributed by atoms with Gasteiger partial charge in [0.05, 0.1) is 0 Å². The summed E-state index contributed by atoms with van der Waals surface area (Å²) in [4.78, 5) is 6.08. The number of aliphatic imine (C=N–C) groups is 1. The minimum atomic E-state index is 0.521. The molecule has 0 spiro atoms. The van der Waals surface area contributed by atoms with Crippen molar-refractivity contribution in [3.63, 3.8) is 0 Å². The topological polar surface area (TPSA) is 79.7 Å². The maximum Gasteiger partial charge on any atom is 0.143 e. The summed E-state index contributed by atoms with van der Waals surface area (Å²) in [7, 11) is 0. The number of hydrazine groups is 1. The number of nitrogens with two attached hydrogens (primary N) is 2. The molecule has 1 aliphatic rings. The van der Waals surface area contributed by atoms with Crippen molar-refractivity contribution in [2.75, 3.05) is 13.1 Å². The first kappa shape index (κ1) is 11.6. The molecule has 0 amide bonds. The quantitative estimate of drug-likeness (QED) is 0.270. The lowest BCUT2D eigenvalue weighted by Crippen LogP contribution is -2.35. The predicted octanol–water partition coefficient (Wildman–Crippen LogP) is 0.278. The molecular weight excluding hydrogens is 190 g/mol. The number of hydrogen-bond acceptors (Lipinski definition) is 4. The fourth-order valence-electron chi connectivity index (χ4n) is 1.60. The van der Waals surface area contributed by atoms with E-state index in [9.17, 15) is 0 Å². The first-order chi connectivity index (χ1) is 7.27. The Morgan fingerprint density at radius 3 is 2.53 bits per heavy atom. The van der Waals surface area contributed by atoms with Crippen molar-refractivity contribution in [3.05, 3.63) is 24.7 Å². The molecule has 0 radical (unpaired) electrons. The van der Waals surface area contributed by atoms with Crippen LogP contribution < -0.4 is 17.0 Å². The minimum absolute atomic E-state index is 0.521. The fourth-order valence-corrected chi connectivity index (χ4v) is 1.60. The first-order valence-electron chi connectivity index (χ1n) is 5.15. The molecule has 5 N–H and O–H groups in total. The highest BCUT2D eigenvalue weighted by Crippen LogP contribution is 2.11. The van der Waals surface area contributed by atoms with Gasteiger partial charge in [-0.2, -0.15) is 0 Å². The average Bonchev–Trinajstić information content (AvgIpc) is 2.29. The number of nitrogens with one attached hydrogen (secondary N) is 1. The lowest BCUT2D eigenvalue weighted by Gasteiger charge is -2.28. The Bertz CT molecular complexity index is 263. The smallest absolute Gasteiger partial charge is 0.143 e. The van der Waals surface area contributed by atoms with Gasteiger partial charge in [-0.05, 0) is 19.3 Å². The Kier molecular flexibility index (Phi) is 4.70. The summed E-state index contributed by atoms with van der Waals surface area (Å²) >= 11 is 0. The highest BCUT2D eigenvalue weighted by Gasteiger charge is 2.10. The molecule has 0 atom stereocenters. The molecule has 0 aromatic carbocycles. The van der Waals surface area contributed by atoms with Crippen molar-refractivity contribution in [2.45, 2.75) is 19.3 Å². The largest absolute Gasteiger partial charge is 0.385 e. The fraction of sp³-hybridized carbons (Fsp3) is 0.500. The average molecular weight is 209 g/mol. The maximum absolute atomic E-state index is 5.93. The molecule has 1 saturated heterocycles. The Hall–Kier alpha value is -1.49. The van der Waals surface area contributed by atoms with Crippen LogP contribution in [0.5, 0.6) is 0 Å². The zero-order valence-corrected chi connectivity index (χ0v) is 8.95. The molecule has 84 valence electrons. The predicted molar refractivity (Wildman–Crippen MR) is 62.6 cm³/mol. The Labute approximate surface area is 90.5 Å². The van der Waals surface area contributed by atoms with Crippen LogP contribution in [0.15, 0.2) is 29.7 Å². The number of piperidine rings is 1. The standard InChI is InChI=1S/C10H19N5/c1-2-13-10(14-12)8-9(11)15-6-4-3-5-7-15/h2,8H,1,3-7,11-12H2,(H,13,14)/b9-8+. The Morgan fingerprint density at radius 1 is 1.33 bits per heavy atom. The molecule has 0 aromatic heterocycles. The van der Waals surface area contributed by atoms with E-state index in [-0.39, 0.29) is 0 Å². The van der Waals surface area contributed by atoms with E-state index >= 15 is 0 Å². The molecule has 0 saturated carbocycles. The van der Waals surface area contributed by atoms with Gasteiger partial charge in [-0.1, -0.05) is 6.58 Å². The van der Waals surface area contributed by atoms with Crippen LogP contribution in [0.4, 0.5) is 0 Å². The van der Waals surface area contributed by atoms with E-state index in [1.807, 2.05) is 0 Å². The van der Waals surface area contributed by atoms with Crippen LogP contribution in [0.25, 0.3) is 0 Å². The van der Waals surface area contributed by atoms with E-state index in [0.29, 0.717) is 11.7 Å². The SMILES string of the molecule is C=C/N=C(\C=C(/N)N1CCCCC1)NN. The second kappa shape index (κ2) is 6.08. The zero-order valence-electron chi connectivity index (χ0n) is 8.95. The first-order valence-corrected chi connectivity index (χ1v) is 5.15. The summed E-state index contributed by atoms with van der Waals surface area (Å²) in [6.07, 6.45) is 6.83. The molecule has 0 aliphatic carbocycles. The van der Waals surface area contributed by atoms with E-state index in [1.165, 1.54) is 25.5 Å². The van der Waals surface area contributed by atoms with Crippen molar-refractivity contribution in [3.8, 4) is 0 Å². The van der Waals surface area contributed by atoms with Gasteiger partial charge in [0.1, 0.15) is 11.7 Å². The molecule has 5 nitrogen and oxygen atoms in total. The summed E-state index contributed by atoms with van der Waals surface area (Å²) in [5.74, 6) is 6.51. The lowest BCUT2D eigenvalue weighted by molar-refractivity contribution is 0.283. The van der Waals surface area contributed by atoms with Gasteiger partial charge in [-0.3, -0.25) is 0 Å². The van der Waals surface area contributed by atoms with Crippen LogP contribution in [-0.2, 0) is 0 Å². The molecule has 15 heavy (non-hydrogen) atoms. The number of likely N-dealkylation sites (tertiary alicyclic amines) is 1. The molecule has 1 rings (SSSR count). The van der Waals surface area contributed by atoms with Gasteiger partial charge in [0.15, 0.2) is 0 Å². The van der Waals surface area contributed by atoms with Crippen LogP contribution >= 0.6 is 0 Å². The number of nitrogens with zero attached hydrogens (tertiary/aromatic N) is 2. The van der Waals surface area contributed by atoms with Crippen LogP contribution in [0.1, 0.15) is 19.3 Å². The molecular formula is C10H19N5. The maximum atomic E-state index is 5.93. The number of rotatable bonds is 3. The summed E-state index contributed by atoms with van der Waals surface area (Å²) < 4.78 is 0. The molecule has 0 aromatic rings. The van der Waals surface area contributed by atoms with Crippen molar-refractivity contribution in [2.24, 2.45) is 16.6 Å².